The average Bonchev–Trinajstić information content (AvgIpc) is 2.88. The Morgan fingerprint density at radius 2 is 0.950 bits per heavy atom. The molecule has 0 radical (unpaired) electrons. The maximum Gasteiger partial charge on any atom is 0 e. The number of hydrogen-bond donors (Lipinski definition) is 0. The van der Waals surface area contributed by atoms with E-state index >= 15 is 0 Å². The van der Waals surface area contributed by atoms with Gasteiger partial charge in [-0.1, -0.05) is 0 Å². The minimum atomic E-state index is -0.346. The molecule has 6 nitrogen and oxygen atoms in total. The molecule has 0 fully saturated rings. The van der Waals surface area contributed by atoms with Gasteiger partial charge in [0, 0.05) is 35.9 Å². The topological polar surface area (TPSA) is 109 Å². The largest absolute Gasteiger partial charge is 0 e. The van der Waals surface area contributed by atoms with Gasteiger partial charge in [0.2, 0.25) is 0 Å². The van der Waals surface area contributed by atoms with Crippen LogP contribution in [0.2, 0.25) is 0 Å². The predicted octanol–water partition coefficient (Wildman–Crippen LogP) is 2.16. The van der Waals surface area contributed by atoms with Crippen LogP contribution in [0.15, 0.2) is 11.6 Å². The van der Waals surface area contributed by atoms with Crippen LogP contribution in [0.4, 0.5) is 0 Å². The Morgan fingerprint density at radius 1 is 0.750 bits per heavy atom. The first-order valence-corrected chi connectivity index (χ1v) is 5.35. The van der Waals surface area contributed by atoms with E-state index in [0.29, 0.717) is 0 Å². The summed E-state index contributed by atoms with van der Waals surface area (Å²) >= 11 is 0. The molecule has 0 saturated carbocycles. The summed E-state index contributed by atoms with van der Waals surface area (Å²) in [4.78, 5) is 0. The van der Waals surface area contributed by atoms with Crippen molar-refractivity contribution in [1.82, 2.24) is 0 Å². The fourth-order valence-electron chi connectivity index (χ4n) is 0.728. The summed E-state index contributed by atoms with van der Waals surface area (Å²) in [6.45, 7) is 26.7. The van der Waals surface area contributed by atoms with E-state index in [0.717, 1.165) is 0 Å². The van der Waals surface area contributed by atoms with E-state index in [1.54, 1.807) is 7.11 Å². The second-order valence-electron chi connectivity index (χ2n) is 2.17. The van der Waals surface area contributed by atoms with E-state index in [1.165, 1.54) is 11.1 Å². The van der Waals surface area contributed by atoms with E-state index < -0.39 is 0 Å². The van der Waals surface area contributed by atoms with Crippen LogP contribution in [-0.2, 0) is 44.3 Å². The molecule has 20 heavy (non-hydrogen) atoms. The first kappa shape index (κ1) is 36.5. The van der Waals surface area contributed by atoms with Crippen molar-refractivity contribution in [2.75, 3.05) is 7.11 Å². The van der Waals surface area contributed by atoms with Gasteiger partial charge in [-0.15, -0.1) is 0 Å². The Balaban J connectivity index is -0.0000000384. The number of rotatable bonds is 1. The molecule has 1 aromatic heterocycles. The third-order valence-corrected chi connectivity index (χ3v) is 3.18. The molecule has 1 heterocycles. The van der Waals surface area contributed by atoms with Crippen molar-refractivity contribution in [1.29, 1.82) is 0 Å². The average molecular weight is 466 g/mol. The van der Waals surface area contributed by atoms with Gasteiger partial charge < -0.3 is 4.52 Å². The zero-order valence-corrected chi connectivity index (χ0v) is 14.8. The van der Waals surface area contributed by atoms with E-state index in [1.807, 2.05) is 0 Å². The van der Waals surface area contributed by atoms with Crippen LogP contribution in [0, 0.1) is 47.1 Å². The molecule has 0 atom stereocenters. The molecule has 1 aromatic rings. The summed E-state index contributed by atoms with van der Waals surface area (Å²) in [6, 6.07) is 0. The Kier molecular flexibility index (Phi) is 78.3. The molecule has 0 unspecified atom stereocenters. The second kappa shape index (κ2) is 42.9. The van der Waals surface area contributed by atoms with Crippen LogP contribution in [0.5, 0.6) is 0 Å². The van der Waals surface area contributed by atoms with Crippen molar-refractivity contribution in [3.05, 3.63) is 56.0 Å². The molecule has 0 aromatic carbocycles. The van der Waals surface area contributed by atoms with Crippen LogP contribution in [0.25, 0.3) is 0 Å². The summed E-state index contributed by atoms with van der Waals surface area (Å²) < 4.78 is 42.7. The van der Waals surface area contributed by atoms with Gasteiger partial charge in [-0.25, -0.2) is 0 Å². The minimum Gasteiger partial charge on any atom is 0 e. The zero-order valence-electron chi connectivity index (χ0n) is 11.0. The van der Waals surface area contributed by atoms with Gasteiger partial charge in [0.1, 0.15) is 0 Å². The molecule has 0 saturated heterocycles. The Hall–Kier alpha value is -0.872. The van der Waals surface area contributed by atoms with Gasteiger partial charge in [0.25, 0.3) is 0 Å². The van der Waals surface area contributed by atoms with E-state index in [-0.39, 0.29) is 28.8 Å². The quantitative estimate of drug-likeness (QED) is 0.459. The third-order valence-electron chi connectivity index (χ3n) is 1.47. The molecule has 0 amide bonds. The van der Waals surface area contributed by atoms with Crippen molar-refractivity contribution in [3.63, 3.8) is 0 Å². The molecule has 106 valence electrons. The Bertz CT molecular complexity index is 335. The summed E-state index contributed by atoms with van der Waals surface area (Å²) in [7, 11) is 1.41. The molecule has 0 aliphatic rings. The molecular formula is C12H11O6PW. The molecule has 0 aliphatic heterocycles. The van der Waals surface area contributed by atoms with Crippen molar-refractivity contribution in [3.8, 4) is 0 Å². The molecule has 0 aliphatic carbocycles. The maximum atomic E-state index is 7.50. The Morgan fingerprint density at radius 3 is 1.05 bits per heavy atom. The zero-order chi connectivity index (χ0) is 16.9. The molecule has 1 rings (SSSR count). The Labute approximate surface area is 133 Å². The fraction of sp³-hybridized carbons (Fsp3) is 0.250. The second-order valence-corrected chi connectivity index (χ2v) is 3.77. The van der Waals surface area contributed by atoms with Gasteiger partial charge in [0.05, 0.1) is 0 Å². The monoisotopic (exact) mass is 466 g/mol. The molecular weight excluding hydrogens is 455 g/mol. The molecule has 8 heteroatoms. The third kappa shape index (κ3) is 25.9. The van der Waals surface area contributed by atoms with Crippen molar-refractivity contribution in [2.24, 2.45) is 0 Å². The van der Waals surface area contributed by atoms with Crippen LogP contribution in [0.3, 0.4) is 0 Å². The van der Waals surface area contributed by atoms with Crippen LogP contribution < -0.4 is 4.52 Å². The summed E-state index contributed by atoms with van der Waals surface area (Å²) in [5, 5.41) is 0. The number of aryl methyl sites for hydroxylation is 2. The fourth-order valence-corrected chi connectivity index (χ4v) is 2.18. The van der Waals surface area contributed by atoms with Gasteiger partial charge in [0.15, 0.2) is 0 Å². The van der Waals surface area contributed by atoms with E-state index in [2.05, 4.69) is 58.7 Å². The SMILES string of the molecule is COp1cc(C)c(C)c1.[C-]#[O+].[C-]#[O+].[C-]#[O+].[C-]#[O+].[C-]#[O+].[W]. The smallest absolute Gasteiger partial charge is 0 e. The predicted molar refractivity (Wildman–Crippen MR) is 60.8 cm³/mol. The number of hydrogen-bond acceptors (Lipinski definition) is 1. The van der Waals surface area contributed by atoms with Crippen LogP contribution in [0.1, 0.15) is 11.1 Å². The molecule has 0 bridgehead atoms. The van der Waals surface area contributed by atoms with Crippen molar-refractivity contribution in [2.45, 2.75) is 13.8 Å². The van der Waals surface area contributed by atoms with E-state index in [9.17, 15) is 0 Å². The normalized spacial score (nSPS) is 5.05. The van der Waals surface area contributed by atoms with Gasteiger partial charge in [-0.2, -0.15) is 0 Å². The van der Waals surface area contributed by atoms with E-state index in [4.69, 9.17) is 27.8 Å². The molecule has 0 spiro atoms. The van der Waals surface area contributed by atoms with Crippen LogP contribution in [-0.4, -0.2) is 7.11 Å². The summed E-state index contributed by atoms with van der Waals surface area (Å²) in [6.07, 6.45) is 0. The van der Waals surface area contributed by atoms with Gasteiger partial charge in [-0.3, -0.25) is 0 Å². The molecule has 0 N–H and O–H groups in total. The van der Waals surface area contributed by atoms with Gasteiger partial charge >= 0.3 is 56.5 Å². The first-order chi connectivity index (χ1) is 9.24. The standard InChI is InChI=1S/C7H11OP.5CO.W/c1-6-4-9(8-3)5-7(6)2;5*1-2;/h4-5H,1-3H3;;;;;;. The van der Waals surface area contributed by atoms with Crippen LogP contribution >= 0.6 is 7.76 Å². The summed E-state index contributed by atoms with van der Waals surface area (Å²) in [5.41, 5.74) is 2.73. The minimum absolute atomic E-state index is 0. The first-order valence-electron chi connectivity index (χ1n) is 3.96. The maximum absolute atomic E-state index is 7.50. The van der Waals surface area contributed by atoms with Crippen molar-refractivity contribution < 1.29 is 48.8 Å². The summed E-state index contributed by atoms with van der Waals surface area (Å²) in [5.74, 6) is 4.37. The van der Waals surface area contributed by atoms with Gasteiger partial charge in [-0.05, 0) is 36.6 Å². The van der Waals surface area contributed by atoms with Crippen molar-refractivity contribution >= 4 is 7.76 Å².